The number of para-hydroxylation sites is 1. The Bertz CT molecular complexity index is 542. The van der Waals surface area contributed by atoms with Crippen molar-refractivity contribution in [2.24, 2.45) is 5.73 Å². The summed E-state index contributed by atoms with van der Waals surface area (Å²) in [6, 6.07) is 17.6. The predicted octanol–water partition coefficient (Wildman–Crippen LogP) is 2.82. The van der Waals surface area contributed by atoms with E-state index in [0.717, 1.165) is 11.1 Å². The SMILES string of the molecule is CC(CCN)(Oc1ccccc1CO)c1ccccc1. The summed E-state index contributed by atoms with van der Waals surface area (Å²) in [5.74, 6) is 0.704. The zero-order valence-corrected chi connectivity index (χ0v) is 11.8. The van der Waals surface area contributed by atoms with Crippen molar-refractivity contribution >= 4 is 0 Å². The Balaban J connectivity index is 2.34. The van der Waals surface area contributed by atoms with Crippen LogP contribution in [0.3, 0.4) is 0 Å². The molecule has 0 aromatic heterocycles. The molecule has 0 aliphatic carbocycles. The maximum absolute atomic E-state index is 9.41. The quantitative estimate of drug-likeness (QED) is 0.849. The number of ether oxygens (including phenoxy) is 1. The van der Waals surface area contributed by atoms with E-state index in [1.165, 1.54) is 0 Å². The van der Waals surface area contributed by atoms with Crippen molar-refractivity contribution in [1.82, 2.24) is 0 Å². The van der Waals surface area contributed by atoms with E-state index in [9.17, 15) is 5.11 Å². The number of aliphatic hydroxyl groups excluding tert-OH is 1. The Hall–Kier alpha value is -1.84. The van der Waals surface area contributed by atoms with Gasteiger partial charge < -0.3 is 15.6 Å². The fraction of sp³-hybridized carbons (Fsp3) is 0.294. The monoisotopic (exact) mass is 271 g/mol. The molecule has 20 heavy (non-hydrogen) atoms. The van der Waals surface area contributed by atoms with Gasteiger partial charge in [-0.25, -0.2) is 0 Å². The molecule has 0 amide bonds. The second kappa shape index (κ2) is 6.55. The molecule has 3 nitrogen and oxygen atoms in total. The highest BCUT2D eigenvalue weighted by atomic mass is 16.5. The lowest BCUT2D eigenvalue weighted by Gasteiger charge is -2.32. The van der Waals surface area contributed by atoms with E-state index < -0.39 is 5.60 Å². The molecule has 2 rings (SSSR count). The Morgan fingerprint density at radius 1 is 1.05 bits per heavy atom. The minimum Gasteiger partial charge on any atom is -0.482 e. The normalized spacial score (nSPS) is 13.8. The van der Waals surface area contributed by atoms with Crippen LogP contribution in [0, 0.1) is 0 Å². The van der Waals surface area contributed by atoms with E-state index in [1.807, 2.05) is 61.5 Å². The van der Waals surface area contributed by atoms with Crippen LogP contribution in [0.5, 0.6) is 5.75 Å². The second-order valence-electron chi connectivity index (χ2n) is 5.00. The average molecular weight is 271 g/mol. The van der Waals surface area contributed by atoms with Gasteiger partial charge in [0.25, 0.3) is 0 Å². The van der Waals surface area contributed by atoms with Gasteiger partial charge in [-0.15, -0.1) is 0 Å². The highest BCUT2D eigenvalue weighted by molar-refractivity contribution is 5.34. The summed E-state index contributed by atoms with van der Waals surface area (Å²) in [5.41, 5.74) is 7.11. The molecule has 3 N–H and O–H groups in total. The van der Waals surface area contributed by atoms with E-state index >= 15 is 0 Å². The molecule has 0 saturated carbocycles. The van der Waals surface area contributed by atoms with Crippen molar-refractivity contribution in [3.05, 3.63) is 65.7 Å². The van der Waals surface area contributed by atoms with Crippen LogP contribution >= 0.6 is 0 Å². The van der Waals surface area contributed by atoms with Gasteiger partial charge in [-0.1, -0.05) is 48.5 Å². The van der Waals surface area contributed by atoms with E-state index in [0.29, 0.717) is 18.7 Å². The summed E-state index contributed by atoms with van der Waals surface area (Å²) in [4.78, 5) is 0. The lowest BCUT2D eigenvalue weighted by molar-refractivity contribution is 0.0766. The summed E-state index contributed by atoms with van der Waals surface area (Å²) < 4.78 is 6.21. The van der Waals surface area contributed by atoms with Gasteiger partial charge in [0.05, 0.1) is 6.61 Å². The summed E-state index contributed by atoms with van der Waals surface area (Å²) in [5, 5.41) is 9.41. The molecule has 1 atom stereocenters. The van der Waals surface area contributed by atoms with Gasteiger partial charge in [0.15, 0.2) is 0 Å². The van der Waals surface area contributed by atoms with Crippen LogP contribution in [0.25, 0.3) is 0 Å². The zero-order valence-electron chi connectivity index (χ0n) is 11.8. The Morgan fingerprint density at radius 2 is 1.70 bits per heavy atom. The lowest BCUT2D eigenvalue weighted by Crippen LogP contribution is -2.32. The molecule has 106 valence electrons. The molecule has 0 heterocycles. The molecule has 0 bridgehead atoms. The third kappa shape index (κ3) is 3.18. The van der Waals surface area contributed by atoms with Crippen molar-refractivity contribution in [2.75, 3.05) is 6.54 Å². The van der Waals surface area contributed by atoms with Crippen molar-refractivity contribution in [2.45, 2.75) is 25.6 Å². The molecule has 1 unspecified atom stereocenters. The highest BCUT2D eigenvalue weighted by Crippen LogP contribution is 2.32. The van der Waals surface area contributed by atoms with Crippen molar-refractivity contribution in [1.29, 1.82) is 0 Å². The van der Waals surface area contributed by atoms with Crippen molar-refractivity contribution in [3.63, 3.8) is 0 Å². The fourth-order valence-corrected chi connectivity index (χ4v) is 2.30. The first-order valence-corrected chi connectivity index (χ1v) is 6.83. The molecule has 0 radical (unpaired) electrons. The van der Waals surface area contributed by atoms with Crippen LogP contribution in [0.2, 0.25) is 0 Å². The van der Waals surface area contributed by atoms with Crippen molar-refractivity contribution in [3.8, 4) is 5.75 Å². The van der Waals surface area contributed by atoms with Crippen LogP contribution in [0.15, 0.2) is 54.6 Å². The van der Waals surface area contributed by atoms with Crippen molar-refractivity contribution < 1.29 is 9.84 Å². The molecule has 0 spiro atoms. The second-order valence-corrected chi connectivity index (χ2v) is 5.00. The molecular formula is C17H21NO2. The standard InChI is InChI=1S/C17H21NO2/c1-17(11-12-18,15-8-3-2-4-9-15)20-16-10-6-5-7-14(16)13-19/h2-10,19H,11-13,18H2,1H3. The van der Waals surface area contributed by atoms with Crippen LogP contribution in [0.4, 0.5) is 0 Å². The third-order valence-corrected chi connectivity index (χ3v) is 3.48. The maximum Gasteiger partial charge on any atom is 0.132 e. The molecule has 2 aromatic rings. The average Bonchev–Trinajstić information content (AvgIpc) is 2.49. The van der Waals surface area contributed by atoms with Gasteiger partial charge in [0, 0.05) is 12.0 Å². The van der Waals surface area contributed by atoms with E-state index in [2.05, 4.69) is 0 Å². The molecule has 3 heteroatoms. The van der Waals surface area contributed by atoms with Gasteiger partial charge in [-0.05, 0) is 25.1 Å². The first-order chi connectivity index (χ1) is 9.69. The zero-order chi connectivity index (χ0) is 14.4. The van der Waals surface area contributed by atoms with Crippen LogP contribution in [-0.4, -0.2) is 11.7 Å². The molecule has 0 aliphatic rings. The Labute approximate surface area is 120 Å². The van der Waals surface area contributed by atoms with E-state index in [1.54, 1.807) is 0 Å². The van der Waals surface area contributed by atoms with Gasteiger partial charge in [0.2, 0.25) is 0 Å². The van der Waals surface area contributed by atoms with E-state index in [4.69, 9.17) is 10.5 Å². The number of benzene rings is 2. The molecule has 0 aliphatic heterocycles. The largest absolute Gasteiger partial charge is 0.482 e. The molecule has 0 saturated heterocycles. The van der Waals surface area contributed by atoms with Crippen LogP contribution in [0.1, 0.15) is 24.5 Å². The summed E-state index contributed by atoms with van der Waals surface area (Å²) in [6.45, 7) is 2.53. The molecule has 0 fully saturated rings. The number of hydrogen-bond acceptors (Lipinski definition) is 3. The minimum atomic E-state index is -0.499. The maximum atomic E-state index is 9.41. The number of rotatable bonds is 6. The summed E-state index contributed by atoms with van der Waals surface area (Å²) in [6.07, 6.45) is 0.705. The minimum absolute atomic E-state index is 0.0380. The van der Waals surface area contributed by atoms with E-state index in [-0.39, 0.29) is 6.61 Å². The smallest absolute Gasteiger partial charge is 0.132 e. The van der Waals surface area contributed by atoms with Crippen LogP contribution < -0.4 is 10.5 Å². The van der Waals surface area contributed by atoms with Gasteiger partial charge in [-0.2, -0.15) is 0 Å². The molecular weight excluding hydrogens is 250 g/mol. The first kappa shape index (κ1) is 14.6. The number of aliphatic hydroxyl groups is 1. The van der Waals surface area contributed by atoms with Gasteiger partial charge in [0.1, 0.15) is 11.4 Å². The highest BCUT2D eigenvalue weighted by Gasteiger charge is 2.28. The lowest BCUT2D eigenvalue weighted by atomic mass is 9.92. The Kier molecular flexibility index (Phi) is 4.77. The summed E-state index contributed by atoms with van der Waals surface area (Å²) in [7, 11) is 0. The topological polar surface area (TPSA) is 55.5 Å². The first-order valence-electron chi connectivity index (χ1n) is 6.83. The Morgan fingerprint density at radius 3 is 2.35 bits per heavy atom. The molecule has 2 aromatic carbocycles. The number of hydrogen-bond donors (Lipinski definition) is 2. The summed E-state index contributed by atoms with van der Waals surface area (Å²) >= 11 is 0. The third-order valence-electron chi connectivity index (χ3n) is 3.48. The predicted molar refractivity (Wildman–Crippen MR) is 80.5 cm³/mol. The van der Waals surface area contributed by atoms with Crippen LogP contribution in [-0.2, 0) is 12.2 Å². The number of nitrogens with two attached hydrogens (primary N) is 1. The van der Waals surface area contributed by atoms with Gasteiger partial charge >= 0.3 is 0 Å². The fourth-order valence-electron chi connectivity index (χ4n) is 2.30. The van der Waals surface area contributed by atoms with Gasteiger partial charge in [-0.3, -0.25) is 0 Å².